The van der Waals surface area contributed by atoms with E-state index in [1.807, 2.05) is 0 Å². The highest BCUT2D eigenvalue weighted by Gasteiger charge is 2.41. The Morgan fingerprint density at radius 2 is 1.23 bits per heavy atom. The molecule has 0 saturated heterocycles. The van der Waals surface area contributed by atoms with Crippen LogP contribution < -0.4 is 4.90 Å². The molecule has 2 bridgehead atoms. The average molecular weight is 740 g/mol. The Hall–Kier alpha value is -5.40. The first-order valence-corrected chi connectivity index (χ1v) is 21.9. The smallest absolute Gasteiger partial charge is 0.0540 e. The molecule has 0 aromatic heterocycles. The van der Waals surface area contributed by atoms with Crippen LogP contribution in [0.25, 0.3) is 44.2 Å². The summed E-state index contributed by atoms with van der Waals surface area (Å²) in [6.45, 7) is 4.85. The van der Waals surface area contributed by atoms with Crippen molar-refractivity contribution in [2.75, 3.05) is 4.90 Å². The zero-order valence-corrected chi connectivity index (χ0v) is 33.6. The summed E-state index contributed by atoms with van der Waals surface area (Å²) in [4.78, 5) is 2.60. The van der Waals surface area contributed by atoms with Crippen LogP contribution in [-0.2, 0) is 5.41 Å². The van der Waals surface area contributed by atoms with Crippen molar-refractivity contribution in [3.05, 3.63) is 174 Å². The van der Waals surface area contributed by atoms with Crippen molar-refractivity contribution in [2.45, 2.75) is 88.9 Å². The van der Waals surface area contributed by atoms with Crippen LogP contribution in [0.1, 0.15) is 106 Å². The molecule has 3 unspecified atom stereocenters. The zero-order chi connectivity index (χ0) is 38.1. The average Bonchev–Trinajstić information content (AvgIpc) is 3.97. The number of nitrogens with zero attached hydrogens (tertiary/aromatic N) is 1. The first-order valence-electron chi connectivity index (χ1n) is 21.9. The van der Waals surface area contributed by atoms with Gasteiger partial charge in [0.05, 0.1) is 5.69 Å². The van der Waals surface area contributed by atoms with Crippen LogP contribution in [0.4, 0.5) is 17.1 Å². The largest absolute Gasteiger partial charge is 0.310 e. The van der Waals surface area contributed by atoms with Crippen molar-refractivity contribution in [2.24, 2.45) is 11.8 Å². The molecule has 282 valence electrons. The van der Waals surface area contributed by atoms with Gasteiger partial charge in [-0.25, -0.2) is 0 Å². The van der Waals surface area contributed by atoms with Gasteiger partial charge in [-0.2, -0.15) is 0 Å². The third-order valence-corrected chi connectivity index (χ3v) is 14.7. The van der Waals surface area contributed by atoms with Gasteiger partial charge in [-0.1, -0.05) is 155 Å². The highest BCUT2D eigenvalue weighted by molar-refractivity contribution is 5.99. The van der Waals surface area contributed by atoms with E-state index in [-0.39, 0.29) is 5.41 Å². The second kappa shape index (κ2) is 13.9. The van der Waals surface area contributed by atoms with Crippen molar-refractivity contribution in [3.8, 4) is 33.4 Å². The minimum atomic E-state index is -0.155. The van der Waals surface area contributed by atoms with Gasteiger partial charge in [-0.15, -0.1) is 0 Å². The van der Waals surface area contributed by atoms with Crippen LogP contribution >= 0.6 is 0 Å². The molecule has 0 aliphatic heterocycles. The van der Waals surface area contributed by atoms with E-state index in [0.29, 0.717) is 11.8 Å². The van der Waals surface area contributed by atoms with Gasteiger partial charge in [0.2, 0.25) is 0 Å². The maximum absolute atomic E-state index is 2.60. The molecule has 0 radical (unpaired) electrons. The van der Waals surface area contributed by atoms with Crippen LogP contribution in [0.3, 0.4) is 0 Å². The van der Waals surface area contributed by atoms with Gasteiger partial charge in [0.1, 0.15) is 0 Å². The van der Waals surface area contributed by atoms with Gasteiger partial charge >= 0.3 is 0 Å². The Bertz CT molecular complexity index is 2620. The van der Waals surface area contributed by atoms with Gasteiger partial charge in [0.25, 0.3) is 0 Å². The summed E-state index contributed by atoms with van der Waals surface area (Å²) in [5, 5.41) is 2.55. The number of benzene rings is 7. The summed E-state index contributed by atoms with van der Waals surface area (Å²) in [6.07, 6.45) is 12.2. The monoisotopic (exact) mass is 739 g/mol. The lowest BCUT2D eigenvalue weighted by Gasteiger charge is -2.32. The molecule has 1 nitrogen and oxygen atoms in total. The second-order valence-corrected chi connectivity index (χ2v) is 18.3. The third-order valence-electron chi connectivity index (χ3n) is 14.7. The lowest BCUT2D eigenvalue weighted by Crippen LogP contribution is -2.17. The molecule has 3 saturated carbocycles. The summed E-state index contributed by atoms with van der Waals surface area (Å²) in [5.74, 6) is 3.11. The van der Waals surface area contributed by atoms with Crippen LogP contribution in [0.15, 0.2) is 152 Å². The molecule has 57 heavy (non-hydrogen) atoms. The third kappa shape index (κ3) is 5.88. The predicted octanol–water partition coefficient (Wildman–Crippen LogP) is 15.9. The number of para-hydroxylation sites is 1. The van der Waals surface area contributed by atoms with Gasteiger partial charge in [0, 0.05) is 22.4 Å². The van der Waals surface area contributed by atoms with Crippen molar-refractivity contribution in [1.82, 2.24) is 0 Å². The maximum Gasteiger partial charge on any atom is 0.0540 e. The number of hydrogen-bond donors (Lipinski definition) is 0. The quantitative estimate of drug-likeness (QED) is 0.157. The molecule has 1 heteroatoms. The summed E-state index contributed by atoms with van der Waals surface area (Å²) < 4.78 is 0. The van der Waals surface area contributed by atoms with E-state index >= 15 is 0 Å². The molecule has 0 spiro atoms. The Morgan fingerprint density at radius 1 is 0.509 bits per heavy atom. The number of hydrogen-bond acceptors (Lipinski definition) is 1. The first kappa shape index (κ1) is 34.8. The highest BCUT2D eigenvalue weighted by Crippen LogP contribution is 2.56. The first-order chi connectivity index (χ1) is 28.0. The number of fused-ring (bicyclic) bond motifs is 6. The Morgan fingerprint density at radius 3 is 2.02 bits per heavy atom. The molecule has 7 aromatic carbocycles. The molecule has 11 rings (SSSR count). The van der Waals surface area contributed by atoms with Crippen LogP contribution in [-0.4, -0.2) is 0 Å². The lowest BCUT2D eigenvalue weighted by molar-refractivity contribution is 0.420. The SMILES string of the molecule is CC1(C)c2ccccc2-c2c(-c3ccc4ccccc4c3)cc(N(c3ccc(C4CC5CCC4C5)cc3)c3ccccc3-c3ccccc3C3CCCCC3)cc21. The molecular formula is C56H53N. The highest BCUT2D eigenvalue weighted by atomic mass is 15.1. The predicted molar refractivity (Wildman–Crippen MR) is 241 cm³/mol. The molecule has 0 amide bonds. The fourth-order valence-corrected chi connectivity index (χ4v) is 11.9. The van der Waals surface area contributed by atoms with E-state index in [9.17, 15) is 0 Å². The number of rotatable bonds is 7. The van der Waals surface area contributed by atoms with Crippen LogP contribution in [0.2, 0.25) is 0 Å². The van der Waals surface area contributed by atoms with Crippen molar-refractivity contribution < 1.29 is 0 Å². The lowest BCUT2D eigenvalue weighted by atomic mass is 9.80. The zero-order valence-electron chi connectivity index (χ0n) is 33.6. The van der Waals surface area contributed by atoms with E-state index in [0.717, 1.165) is 11.8 Å². The van der Waals surface area contributed by atoms with E-state index < -0.39 is 0 Å². The summed E-state index contributed by atoms with van der Waals surface area (Å²) in [6, 6.07) is 58.4. The minimum Gasteiger partial charge on any atom is -0.310 e. The van der Waals surface area contributed by atoms with Crippen LogP contribution in [0, 0.1) is 11.8 Å². The van der Waals surface area contributed by atoms with Gasteiger partial charge in [-0.3, -0.25) is 0 Å². The van der Waals surface area contributed by atoms with Crippen molar-refractivity contribution in [1.29, 1.82) is 0 Å². The van der Waals surface area contributed by atoms with Gasteiger partial charge in [0.15, 0.2) is 0 Å². The fourth-order valence-electron chi connectivity index (χ4n) is 11.9. The second-order valence-electron chi connectivity index (χ2n) is 18.3. The Labute approximate surface area is 339 Å². The fraction of sp³-hybridized carbons (Fsp3) is 0.286. The molecule has 7 aromatic rings. The van der Waals surface area contributed by atoms with Gasteiger partial charge < -0.3 is 4.90 Å². The van der Waals surface area contributed by atoms with E-state index in [2.05, 4.69) is 170 Å². The van der Waals surface area contributed by atoms with E-state index in [1.165, 1.54) is 141 Å². The molecule has 3 atom stereocenters. The topological polar surface area (TPSA) is 3.24 Å². The van der Waals surface area contributed by atoms with Crippen molar-refractivity contribution in [3.63, 3.8) is 0 Å². The molecule has 4 aliphatic carbocycles. The van der Waals surface area contributed by atoms with Gasteiger partial charge in [-0.05, 0) is 153 Å². The Kier molecular flexibility index (Phi) is 8.50. The molecule has 0 N–H and O–H groups in total. The number of anilines is 3. The molecular weight excluding hydrogens is 687 g/mol. The molecule has 3 fully saturated rings. The standard InChI is InChI=1S/C56H53N/c1-56(2)52-22-12-10-21-49(52)55-51(43-27-26-38-14-6-7-17-41(38)34-43)35-45(36-53(55)56)57(44-30-28-40(29-31-44)50-33-37-24-25-42(50)32-37)54-23-13-11-20-48(54)47-19-9-8-18-46(47)39-15-4-3-5-16-39/h6-14,17-23,26-31,34-37,39,42,50H,3-5,15-16,24-25,32-33H2,1-2H3. The minimum absolute atomic E-state index is 0.155. The van der Waals surface area contributed by atoms with E-state index in [4.69, 9.17) is 0 Å². The summed E-state index contributed by atoms with van der Waals surface area (Å²) in [5.41, 5.74) is 17.4. The molecule has 4 aliphatic rings. The summed E-state index contributed by atoms with van der Waals surface area (Å²) in [7, 11) is 0. The van der Waals surface area contributed by atoms with Crippen molar-refractivity contribution >= 4 is 27.8 Å². The maximum atomic E-state index is 2.60. The molecule has 0 heterocycles. The summed E-state index contributed by atoms with van der Waals surface area (Å²) >= 11 is 0. The van der Waals surface area contributed by atoms with E-state index in [1.54, 1.807) is 0 Å². The Balaban J connectivity index is 1.14. The van der Waals surface area contributed by atoms with Crippen LogP contribution in [0.5, 0.6) is 0 Å². The normalized spacial score (nSPS) is 20.8.